The standard InChI is InChI=1S/C20H23NO3/c1-3-5-14-21(4-2)19(22)17-12-8-6-10-15(17)16-11-7-9-13-18(16)20(23)24/h6-13H,3-5,14H2,1-2H3,(H,23,24). The van der Waals surface area contributed by atoms with E-state index in [4.69, 9.17) is 0 Å². The third-order valence-electron chi connectivity index (χ3n) is 4.06. The summed E-state index contributed by atoms with van der Waals surface area (Å²) in [5, 5.41) is 9.43. The van der Waals surface area contributed by atoms with Crippen LogP contribution in [0.4, 0.5) is 0 Å². The summed E-state index contributed by atoms with van der Waals surface area (Å²) in [5.41, 5.74) is 1.98. The Morgan fingerprint density at radius 2 is 1.46 bits per heavy atom. The van der Waals surface area contributed by atoms with Crippen molar-refractivity contribution in [1.82, 2.24) is 4.90 Å². The molecule has 0 heterocycles. The summed E-state index contributed by atoms with van der Waals surface area (Å²) in [6, 6.07) is 14.0. The van der Waals surface area contributed by atoms with Crippen molar-refractivity contribution in [3.8, 4) is 11.1 Å². The second kappa shape index (κ2) is 8.29. The van der Waals surface area contributed by atoms with Gasteiger partial charge < -0.3 is 10.0 Å². The molecule has 24 heavy (non-hydrogen) atoms. The van der Waals surface area contributed by atoms with Crippen molar-refractivity contribution in [3.63, 3.8) is 0 Å². The zero-order chi connectivity index (χ0) is 17.5. The Bertz CT molecular complexity index is 724. The lowest BCUT2D eigenvalue weighted by molar-refractivity contribution is 0.0695. The van der Waals surface area contributed by atoms with Gasteiger partial charge >= 0.3 is 5.97 Å². The third kappa shape index (κ3) is 3.82. The molecule has 126 valence electrons. The molecule has 0 spiro atoms. The number of unbranched alkanes of at least 4 members (excludes halogenated alkanes) is 1. The highest BCUT2D eigenvalue weighted by Gasteiger charge is 2.20. The van der Waals surface area contributed by atoms with E-state index in [1.807, 2.05) is 30.0 Å². The molecular weight excluding hydrogens is 302 g/mol. The van der Waals surface area contributed by atoms with E-state index in [9.17, 15) is 14.7 Å². The molecule has 0 atom stereocenters. The number of benzene rings is 2. The number of rotatable bonds is 7. The fraction of sp³-hybridized carbons (Fsp3) is 0.300. The average molecular weight is 325 g/mol. The maximum atomic E-state index is 12.9. The first-order valence-corrected chi connectivity index (χ1v) is 8.31. The minimum absolute atomic E-state index is 0.0539. The molecule has 0 aromatic heterocycles. The number of aromatic carboxylic acids is 1. The molecule has 2 rings (SSSR count). The average Bonchev–Trinajstić information content (AvgIpc) is 2.62. The van der Waals surface area contributed by atoms with Crippen LogP contribution in [0.2, 0.25) is 0 Å². The van der Waals surface area contributed by atoms with Gasteiger partial charge in [0.15, 0.2) is 0 Å². The van der Waals surface area contributed by atoms with Crippen LogP contribution in [-0.4, -0.2) is 35.0 Å². The number of carbonyl (C=O) groups excluding carboxylic acids is 1. The van der Waals surface area contributed by atoms with E-state index in [0.717, 1.165) is 12.8 Å². The summed E-state index contributed by atoms with van der Waals surface area (Å²) in [6.07, 6.45) is 1.97. The number of hydrogen-bond acceptors (Lipinski definition) is 2. The maximum absolute atomic E-state index is 12.9. The highest BCUT2D eigenvalue weighted by Crippen LogP contribution is 2.28. The fourth-order valence-corrected chi connectivity index (χ4v) is 2.73. The van der Waals surface area contributed by atoms with Crippen molar-refractivity contribution in [2.45, 2.75) is 26.7 Å². The molecule has 0 aliphatic carbocycles. The second-order valence-electron chi connectivity index (χ2n) is 5.63. The van der Waals surface area contributed by atoms with Crippen LogP contribution in [-0.2, 0) is 0 Å². The molecule has 0 saturated carbocycles. The summed E-state index contributed by atoms with van der Waals surface area (Å²) in [5.74, 6) is -1.05. The normalized spacial score (nSPS) is 10.4. The van der Waals surface area contributed by atoms with Gasteiger partial charge in [-0.3, -0.25) is 4.79 Å². The first kappa shape index (κ1) is 17.7. The van der Waals surface area contributed by atoms with Crippen LogP contribution in [0.25, 0.3) is 11.1 Å². The van der Waals surface area contributed by atoms with E-state index in [2.05, 4.69) is 6.92 Å². The lowest BCUT2D eigenvalue weighted by Crippen LogP contribution is -2.32. The molecule has 1 N–H and O–H groups in total. The SMILES string of the molecule is CCCCN(CC)C(=O)c1ccccc1-c1ccccc1C(=O)O. The summed E-state index contributed by atoms with van der Waals surface area (Å²) >= 11 is 0. The molecule has 4 heteroatoms. The van der Waals surface area contributed by atoms with Crippen LogP contribution in [0.3, 0.4) is 0 Å². The Hall–Kier alpha value is -2.62. The molecule has 0 unspecified atom stereocenters. The first-order chi connectivity index (χ1) is 11.6. The van der Waals surface area contributed by atoms with Crippen molar-refractivity contribution < 1.29 is 14.7 Å². The quantitative estimate of drug-likeness (QED) is 0.825. The van der Waals surface area contributed by atoms with Crippen LogP contribution in [0.5, 0.6) is 0 Å². The Morgan fingerprint density at radius 1 is 0.917 bits per heavy atom. The Morgan fingerprint density at radius 3 is 2.00 bits per heavy atom. The number of carboxylic acid groups (broad SMARTS) is 1. The van der Waals surface area contributed by atoms with Crippen molar-refractivity contribution >= 4 is 11.9 Å². The van der Waals surface area contributed by atoms with Gasteiger partial charge in [0, 0.05) is 18.7 Å². The van der Waals surface area contributed by atoms with E-state index in [1.54, 1.807) is 30.3 Å². The number of hydrogen-bond donors (Lipinski definition) is 1. The van der Waals surface area contributed by atoms with Gasteiger partial charge in [-0.15, -0.1) is 0 Å². The summed E-state index contributed by atoms with van der Waals surface area (Å²) in [7, 11) is 0. The highest BCUT2D eigenvalue weighted by molar-refractivity contribution is 6.04. The van der Waals surface area contributed by atoms with E-state index in [0.29, 0.717) is 29.8 Å². The Labute approximate surface area is 142 Å². The van der Waals surface area contributed by atoms with Gasteiger partial charge in [-0.2, -0.15) is 0 Å². The predicted molar refractivity (Wildman–Crippen MR) is 95.3 cm³/mol. The van der Waals surface area contributed by atoms with Gasteiger partial charge in [0.25, 0.3) is 5.91 Å². The maximum Gasteiger partial charge on any atom is 0.336 e. The molecule has 0 bridgehead atoms. The molecule has 0 aliphatic rings. The Kier molecular flexibility index (Phi) is 6.13. The lowest BCUT2D eigenvalue weighted by Gasteiger charge is -2.22. The van der Waals surface area contributed by atoms with E-state index < -0.39 is 5.97 Å². The molecule has 1 amide bonds. The van der Waals surface area contributed by atoms with Crippen molar-refractivity contribution in [1.29, 1.82) is 0 Å². The summed E-state index contributed by atoms with van der Waals surface area (Å²) in [4.78, 5) is 26.3. The monoisotopic (exact) mass is 325 g/mol. The van der Waals surface area contributed by atoms with Crippen LogP contribution in [0.1, 0.15) is 47.4 Å². The first-order valence-electron chi connectivity index (χ1n) is 8.31. The second-order valence-corrected chi connectivity index (χ2v) is 5.63. The van der Waals surface area contributed by atoms with Gasteiger partial charge in [0.1, 0.15) is 0 Å². The van der Waals surface area contributed by atoms with Crippen LogP contribution < -0.4 is 0 Å². The van der Waals surface area contributed by atoms with Gasteiger partial charge in [0.05, 0.1) is 5.56 Å². The van der Waals surface area contributed by atoms with Crippen LogP contribution in [0, 0.1) is 0 Å². The fourth-order valence-electron chi connectivity index (χ4n) is 2.73. The minimum atomic E-state index is -0.994. The predicted octanol–water partition coefficient (Wildman–Crippen LogP) is 4.31. The third-order valence-corrected chi connectivity index (χ3v) is 4.06. The van der Waals surface area contributed by atoms with Crippen molar-refractivity contribution in [2.75, 3.05) is 13.1 Å². The molecule has 0 fully saturated rings. The van der Waals surface area contributed by atoms with E-state index in [-0.39, 0.29) is 11.5 Å². The smallest absolute Gasteiger partial charge is 0.336 e. The van der Waals surface area contributed by atoms with Crippen molar-refractivity contribution in [3.05, 3.63) is 59.7 Å². The summed E-state index contributed by atoms with van der Waals surface area (Å²) in [6.45, 7) is 5.39. The van der Waals surface area contributed by atoms with E-state index in [1.165, 1.54) is 0 Å². The van der Waals surface area contributed by atoms with Crippen molar-refractivity contribution in [2.24, 2.45) is 0 Å². The molecule has 0 saturated heterocycles. The molecule has 2 aromatic carbocycles. The number of carbonyl (C=O) groups is 2. The minimum Gasteiger partial charge on any atom is -0.478 e. The van der Waals surface area contributed by atoms with Gasteiger partial charge in [0.2, 0.25) is 0 Å². The molecule has 0 radical (unpaired) electrons. The zero-order valence-electron chi connectivity index (χ0n) is 14.2. The van der Waals surface area contributed by atoms with Crippen LogP contribution >= 0.6 is 0 Å². The van der Waals surface area contributed by atoms with Crippen LogP contribution in [0.15, 0.2) is 48.5 Å². The van der Waals surface area contributed by atoms with Gasteiger partial charge in [-0.1, -0.05) is 49.7 Å². The number of carboxylic acids is 1. The zero-order valence-corrected chi connectivity index (χ0v) is 14.2. The topological polar surface area (TPSA) is 57.6 Å². The summed E-state index contributed by atoms with van der Waals surface area (Å²) < 4.78 is 0. The Balaban J connectivity index is 2.48. The van der Waals surface area contributed by atoms with Gasteiger partial charge in [-0.05, 0) is 36.6 Å². The molecule has 2 aromatic rings. The molecular formula is C20H23NO3. The molecule has 0 aliphatic heterocycles. The van der Waals surface area contributed by atoms with Gasteiger partial charge in [-0.25, -0.2) is 4.79 Å². The largest absolute Gasteiger partial charge is 0.478 e. The van der Waals surface area contributed by atoms with E-state index >= 15 is 0 Å². The highest BCUT2D eigenvalue weighted by atomic mass is 16.4. The number of amides is 1. The molecule has 4 nitrogen and oxygen atoms in total. The number of nitrogens with zero attached hydrogens (tertiary/aromatic N) is 1. The lowest BCUT2D eigenvalue weighted by atomic mass is 9.94.